The fourth-order valence-electron chi connectivity index (χ4n) is 3.95. The Balaban J connectivity index is 1.60. The zero-order chi connectivity index (χ0) is 21.4. The first-order valence-corrected chi connectivity index (χ1v) is 10.0. The molecule has 2 aromatic heterocycles. The Hall–Kier alpha value is -4.17. The predicted molar refractivity (Wildman–Crippen MR) is 122 cm³/mol. The summed E-state index contributed by atoms with van der Waals surface area (Å²) in [6.45, 7) is 2.83. The van der Waals surface area contributed by atoms with Gasteiger partial charge in [0.1, 0.15) is 17.7 Å². The van der Waals surface area contributed by atoms with Gasteiger partial charge in [0.05, 0.1) is 16.6 Å². The highest BCUT2D eigenvalue weighted by Gasteiger charge is 2.12. The number of rotatable bonds is 4. The number of allylic oxidation sites excluding steroid dienone is 1. The number of aromatic nitrogens is 3. The van der Waals surface area contributed by atoms with Crippen LogP contribution in [0.1, 0.15) is 22.5 Å². The van der Waals surface area contributed by atoms with Gasteiger partial charge in [0.25, 0.3) is 0 Å². The zero-order valence-electron chi connectivity index (χ0n) is 16.9. The minimum atomic E-state index is -0.343. The molecule has 0 saturated carbocycles. The van der Waals surface area contributed by atoms with Gasteiger partial charge in [0.15, 0.2) is 0 Å². The number of aryl methyl sites for hydroxylation is 1. The summed E-state index contributed by atoms with van der Waals surface area (Å²) in [6, 6.07) is 23.2. The average Bonchev–Trinajstić information content (AvgIpc) is 3.33. The standard InChI is InChI=1S/C26H19FN4/c1-17-5-4-6-18(11-17)15-31-16-20(22-7-2-3-8-25(22)31)12-19(14-28)26-29-23-10-9-21(27)13-24(23)30-26/h2-13,16H,15H2,1H3,(H,29,30)/b19-12-. The molecule has 0 saturated heterocycles. The van der Waals surface area contributed by atoms with Gasteiger partial charge in [-0.15, -0.1) is 0 Å². The van der Waals surface area contributed by atoms with Crippen LogP contribution in [0.5, 0.6) is 0 Å². The average molecular weight is 406 g/mol. The van der Waals surface area contributed by atoms with Gasteiger partial charge in [-0.1, -0.05) is 48.0 Å². The highest BCUT2D eigenvalue weighted by atomic mass is 19.1. The summed E-state index contributed by atoms with van der Waals surface area (Å²) in [6.07, 6.45) is 3.90. The molecular weight excluding hydrogens is 387 g/mol. The van der Waals surface area contributed by atoms with Crippen molar-refractivity contribution in [2.24, 2.45) is 0 Å². The lowest BCUT2D eigenvalue weighted by atomic mass is 10.1. The molecule has 31 heavy (non-hydrogen) atoms. The van der Waals surface area contributed by atoms with Gasteiger partial charge in [-0.2, -0.15) is 5.26 Å². The van der Waals surface area contributed by atoms with Crippen LogP contribution in [0.4, 0.5) is 4.39 Å². The molecule has 0 unspecified atom stereocenters. The van der Waals surface area contributed by atoms with Crippen LogP contribution in [-0.2, 0) is 6.54 Å². The van der Waals surface area contributed by atoms with E-state index in [1.165, 1.54) is 23.3 Å². The summed E-state index contributed by atoms with van der Waals surface area (Å²) in [4.78, 5) is 7.53. The quantitative estimate of drug-likeness (QED) is 0.368. The van der Waals surface area contributed by atoms with Crippen molar-refractivity contribution < 1.29 is 4.39 Å². The molecule has 4 nitrogen and oxygen atoms in total. The summed E-state index contributed by atoms with van der Waals surface area (Å²) in [5, 5.41) is 10.9. The smallest absolute Gasteiger partial charge is 0.149 e. The Bertz CT molecular complexity index is 1500. The number of nitrogens with zero attached hydrogens (tertiary/aromatic N) is 3. The topological polar surface area (TPSA) is 57.4 Å². The molecule has 5 heteroatoms. The number of para-hydroxylation sites is 1. The Morgan fingerprint density at radius 1 is 1.13 bits per heavy atom. The minimum Gasteiger partial charge on any atom is -0.342 e. The second-order valence-corrected chi connectivity index (χ2v) is 7.64. The molecule has 0 fully saturated rings. The molecule has 0 aliphatic carbocycles. The number of hydrogen-bond acceptors (Lipinski definition) is 2. The fourth-order valence-corrected chi connectivity index (χ4v) is 3.95. The van der Waals surface area contributed by atoms with E-state index in [0.717, 1.165) is 23.0 Å². The number of H-pyrrole nitrogens is 1. The summed E-state index contributed by atoms with van der Waals surface area (Å²) in [5.74, 6) is 0.0861. The van der Waals surface area contributed by atoms with Crippen LogP contribution in [0.2, 0.25) is 0 Å². The number of benzene rings is 3. The van der Waals surface area contributed by atoms with Gasteiger partial charge in [-0.05, 0) is 42.8 Å². The Morgan fingerprint density at radius 2 is 2.00 bits per heavy atom. The van der Waals surface area contributed by atoms with Crippen LogP contribution in [-0.4, -0.2) is 14.5 Å². The number of fused-ring (bicyclic) bond motifs is 2. The maximum Gasteiger partial charge on any atom is 0.149 e. The minimum absolute atomic E-state index is 0.343. The number of imidazole rings is 1. The van der Waals surface area contributed by atoms with E-state index in [-0.39, 0.29) is 5.82 Å². The van der Waals surface area contributed by atoms with Crippen LogP contribution in [0, 0.1) is 24.1 Å². The van der Waals surface area contributed by atoms with Crippen LogP contribution in [0.3, 0.4) is 0 Å². The van der Waals surface area contributed by atoms with E-state index in [1.54, 1.807) is 6.07 Å². The summed E-state index contributed by atoms with van der Waals surface area (Å²) in [7, 11) is 0. The van der Waals surface area contributed by atoms with E-state index in [2.05, 4.69) is 70.1 Å². The number of halogens is 1. The molecule has 0 aliphatic heterocycles. The first-order chi connectivity index (χ1) is 15.1. The Labute approximate surface area is 178 Å². The normalized spacial score (nSPS) is 11.8. The van der Waals surface area contributed by atoms with Crippen molar-refractivity contribution in [1.29, 1.82) is 5.26 Å². The van der Waals surface area contributed by atoms with E-state index in [0.29, 0.717) is 22.4 Å². The van der Waals surface area contributed by atoms with Gasteiger partial charge >= 0.3 is 0 Å². The summed E-state index contributed by atoms with van der Waals surface area (Å²) >= 11 is 0. The lowest BCUT2D eigenvalue weighted by Crippen LogP contribution is -1.97. The molecule has 0 bridgehead atoms. The van der Waals surface area contributed by atoms with E-state index >= 15 is 0 Å². The van der Waals surface area contributed by atoms with Gasteiger partial charge < -0.3 is 9.55 Å². The van der Waals surface area contributed by atoms with E-state index in [9.17, 15) is 9.65 Å². The second kappa shape index (κ2) is 7.58. The summed E-state index contributed by atoms with van der Waals surface area (Å²) in [5.41, 5.74) is 6.07. The third-order valence-electron chi connectivity index (χ3n) is 5.37. The highest BCUT2D eigenvalue weighted by molar-refractivity contribution is 5.98. The van der Waals surface area contributed by atoms with Gasteiger partial charge in [-0.3, -0.25) is 0 Å². The molecule has 3 aromatic carbocycles. The van der Waals surface area contributed by atoms with E-state index in [4.69, 9.17) is 0 Å². The van der Waals surface area contributed by atoms with Crippen molar-refractivity contribution in [1.82, 2.24) is 14.5 Å². The maximum atomic E-state index is 13.5. The molecule has 5 aromatic rings. The molecule has 150 valence electrons. The van der Waals surface area contributed by atoms with Crippen LogP contribution in [0.25, 0.3) is 33.6 Å². The van der Waals surface area contributed by atoms with Crippen molar-refractivity contribution in [3.8, 4) is 6.07 Å². The molecule has 0 amide bonds. The lowest BCUT2D eigenvalue weighted by molar-refractivity contribution is 0.629. The largest absolute Gasteiger partial charge is 0.342 e. The SMILES string of the molecule is Cc1cccc(Cn2cc(/C=C(/C#N)c3nc4ccc(F)cc4[nH]3)c3ccccc32)c1. The van der Waals surface area contributed by atoms with Crippen LogP contribution in [0.15, 0.2) is 72.9 Å². The van der Waals surface area contributed by atoms with E-state index in [1.807, 2.05) is 18.2 Å². The van der Waals surface area contributed by atoms with Gasteiger partial charge in [0.2, 0.25) is 0 Å². The van der Waals surface area contributed by atoms with Gasteiger partial charge in [0, 0.05) is 29.2 Å². The molecule has 0 spiro atoms. The van der Waals surface area contributed by atoms with Crippen LogP contribution < -0.4 is 0 Å². The second-order valence-electron chi connectivity index (χ2n) is 7.64. The Morgan fingerprint density at radius 3 is 2.84 bits per heavy atom. The van der Waals surface area contributed by atoms with Crippen molar-refractivity contribution in [2.75, 3.05) is 0 Å². The molecular formula is C26H19FN4. The molecule has 0 aliphatic rings. The molecule has 1 N–H and O–H groups in total. The first-order valence-electron chi connectivity index (χ1n) is 10.0. The third-order valence-corrected chi connectivity index (χ3v) is 5.37. The monoisotopic (exact) mass is 406 g/mol. The molecule has 5 rings (SSSR count). The lowest BCUT2D eigenvalue weighted by Gasteiger charge is -2.06. The third kappa shape index (κ3) is 3.60. The number of nitriles is 1. The van der Waals surface area contributed by atoms with Crippen molar-refractivity contribution >= 4 is 33.6 Å². The molecule has 0 atom stereocenters. The number of nitrogens with one attached hydrogen (secondary N) is 1. The summed E-state index contributed by atoms with van der Waals surface area (Å²) < 4.78 is 15.7. The van der Waals surface area contributed by atoms with Gasteiger partial charge in [-0.25, -0.2) is 9.37 Å². The van der Waals surface area contributed by atoms with E-state index < -0.39 is 0 Å². The van der Waals surface area contributed by atoms with Crippen molar-refractivity contribution in [3.05, 3.63) is 101 Å². The maximum absolute atomic E-state index is 13.5. The molecule has 2 heterocycles. The zero-order valence-corrected chi connectivity index (χ0v) is 16.9. The molecule has 0 radical (unpaired) electrons. The van der Waals surface area contributed by atoms with Crippen molar-refractivity contribution in [2.45, 2.75) is 13.5 Å². The number of aromatic amines is 1. The first kappa shape index (κ1) is 18.8. The number of hydrogen-bond donors (Lipinski definition) is 1. The van der Waals surface area contributed by atoms with Crippen molar-refractivity contribution in [3.63, 3.8) is 0 Å². The Kier molecular flexibility index (Phi) is 4.61. The van der Waals surface area contributed by atoms with Crippen LogP contribution >= 0.6 is 0 Å². The predicted octanol–water partition coefficient (Wildman–Crippen LogP) is 6.08. The highest BCUT2D eigenvalue weighted by Crippen LogP contribution is 2.27. The fraction of sp³-hybridized carbons (Fsp3) is 0.0769.